The quantitative estimate of drug-likeness (QED) is 0.711. The highest BCUT2D eigenvalue weighted by molar-refractivity contribution is 8.16. The van der Waals surface area contributed by atoms with E-state index < -0.39 is 15.9 Å². The maximum atomic E-state index is 12.4. The Hall–Kier alpha value is -0.800. The molecule has 0 bridgehead atoms. The molecule has 3 saturated heterocycles. The van der Waals surface area contributed by atoms with Crippen molar-refractivity contribution in [1.82, 2.24) is 0 Å². The number of hydrogen-bond donors (Lipinski definition) is 0. The van der Waals surface area contributed by atoms with Gasteiger partial charge >= 0.3 is 0 Å². The van der Waals surface area contributed by atoms with Crippen molar-refractivity contribution in [3.63, 3.8) is 0 Å². The van der Waals surface area contributed by atoms with E-state index >= 15 is 0 Å². The van der Waals surface area contributed by atoms with E-state index in [1.807, 2.05) is 0 Å². The van der Waals surface area contributed by atoms with E-state index in [2.05, 4.69) is 4.99 Å². The molecule has 10 heteroatoms. The number of sulfone groups is 1. The minimum absolute atomic E-state index is 0.0258. The molecule has 140 valence electrons. The fourth-order valence-corrected chi connectivity index (χ4v) is 7.65. The normalized spacial score (nSPS) is 31.5. The van der Waals surface area contributed by atoms with Gasteiger partial charge in [-0.2, -0.15) is 4.99 Å². The first-order valence-corrected chi connectivity index (χ1v) is 11.7. The molecule has 4 rings (SSSR count). The molecule has 1 aromatic carbocycles. The van der Waals surface area contributed by atoms with Gasteiger partial charge < -0.3 is 9.64 Å². The van der Waals surface area contributed by atoms with Crippen LogP contribution in [-0.2, 0) is 19.4 Å². The molecular formula is C16H16Cl2N2O4S2. The van der Waals surface area contributed by atoms with Gasteiger partial charge in [-0.05, 0) is 31.0 Å². The lowest BCUT2D eigenvalue weighted by molar-refractivity contribution is -0.126. The average molecular weight is 435 g/mol. The Bertz CT molecular complexity index is 884. The maximum Gasteiger partial charge on any atom is 0.277 e. The maximum absolute atomic E-state index is 12.4. The highest BCUT2D eigenvalue weighted by atomic mass is 35.5. The molecule has 3 aliphatic heterocycles. The van der Waals surface area contributed by atoms with Crippen LogP contribution >= 0.6 is 35.0 Å². The molecule has 0 unspecified atom stereocenters. The van der Waals surface area contributed by atoms with E-state index in [-0.39, 0.29) is 28.7 Å². The number of amidine groups is 1. The van der Waals surface area contributed by atoms with Gasteiger partial charge in [0, 0.05) is 17.5 Å². The largest absolute Gasteiger partial charge is 0.368 e. The molecular weight excluding hydrogens is 419 g/mol. The molecule has 6 nitrogen and oxygen atoms in total. The average Bonchev–Trinajstić information content (AvgIpc) is 3.25. The predicted octanol–water partition coefficient (Wildman–Crippen LogP) is 2.77. The zero-order valence-corrected chi connectivity index (χ0v) is 16.7. The molecule has 3 fully saturated rings. The molecule has 1 aromatic rings. The number of fused-ring (bicyclic) bond motifs is 1. The number of carbonyl (C=O) groups is 1. The number of carbonyl (C=O) groups excluding carboxylic acids is 1. The van der Waals surface area contributed by atoms with E-state index in [1.165, 1.54) is 11.8 Å². The fourth-order valence-electron chi connectivity index (χ4n) is 3.44. The van der Waals surface area contributed by atoms with Gasteiger partial charge in [0.25, 0.3) is 5.91 Å². The van der Waals surface area contributed by atoms with E-state index in [9.17, 15) is 13.2 Å². The first kappa shape index (κ1) is 18.6. The molecule has 3 aliphatic rings. The molecule has 0 spiro atoms. The minimum Gasteiger partial charge on any atom is -0.368 e. The predicted molar refractivity (Wildman–Crippen MR) is 104 cm³/mol. The zero-order chi connectivity index (χ0) is 18.5. The smallest absolute Gasteiger partial charge is 0.277 e. The number of amides is 1. The summed E-state index contributed by atoms with van der Waals surface area (Å²) in [5.41, 5.74) is 0.676. The van der Waals surface area contributed by atoms with Gasteiger partial charge in [-0.3, -0.25) is 4.79 Å². The molecule has 3 atom stereocenters. The molecule has 0 aromatic heterocycles. The van der Waals surface area contributed by atoms with E-state index in [4.69, 9.17) is 27.9 Å². The van der Waals surface area contributed by atoms with Crippen LogP contribution in [0.25, 0.3) is 0 Å². The van der Waals surface area contributed by atoms with Crippen molar-refractivity contribution in [1.29, 1.82) is 0 Å². The van der Waals surface area contributed by atoms with Crippen LogP contribution in [0.2, 0.25) is 10.0 Å². The van der Waals surface area contributed by atoms with Gasteiger partial charge in [0.05, 0.1) is 27.6 Å². The summed E-state index contributed by atoms with van der Waals surface area (Å²) in [6.45, 7) is 0.564. The summed E-state index contributed by atoms with van der Waals surface area (Å²) in [6, 6.07) is 4.80. The highest BCUT2D eigenvalue weighted by Crippen LogP contribution is 2.42. The van der Waals surface area contributed by atoms with Crippen LogP contribution in [0.5, 0.6) is 0 Å². The Morgan fingerprint density at radius 1 is 1.27 bits per heavy atom. The Kier molecular flexibility index (Phi) is 4.98. The van der Waals surface area contributed by atoms with Crippen molar-refractivity contribution in [2.45, 2.75) is 30.2 Å². The number of ether oxygens (including phenoxy) is 1. The number of benzene rings is 1. The monoisotopic (exact) mass is 434 g/mol. The Balaban J connectivity index is 1.70. The number of nitrogens with zero attached hydrogens (tertiary/aromatic N) is 2. The minimum atomic E-state index is -3.12. The van der Waals surface area contributed by atoms with Crippen molar-refractivity contribution >= 4 is 61.6 Å². The third-order valence-electron chi connectivity index (χ3n) is 4.66. The van der Waals surface area contributed by atoms with Crippen LogP contribution in [0.1, 0.15) is 12.8 Å². The van der Waals surface area contributed by atoms with Gasteiger partial charge in [-0.1, -0.05) is 35.0 Å². The van der Waals surface area contributed by atoms with E-state index in [1.54, 1.807) is 23.1 Å². The summed E-state index contributed by atoms with van der Waals surface area (Å²) in [5, 5.41) is 1.11. The van der Waals surface area contributed by atoms with Crippen LogP contribution in [0.3, 0.4) is 0 Å². The van der Waals surface area contributed by atoms with E-state index in [0.29, 0.717) is 33.9 Å². The molecule has 26 heavy (non-hydrogen) atoms. The summed E-state index contributed by atoms with van der Waals surface area (Å²) in [5.74, 6) is -0.219. The Labute approximate surface area is 165 Å². The number of aliphatic imine (C=N–C) groups is 1. The topological polar surface area (TPSA) is 76.0 Å². The van der Waals surface area contributed by atoms with Gasteiger partial charge in [0.2, 0.25) is 0 Å². The summed E-state index contributed by atoms with van der Waals surface area (Å²) in [6.07, 6.45) is 0.991. The van der Waals surface area contributed by atoms with Gasteiger partial charge in [-0.25, -0.2) is 8.42 Å². The molecule has 0 saturated carbocycles. The number of thioether (sulfide) groups is 1. The zero-order valence-electron chi connectivity index (χ0n) is 13.6. The second kappa shape index (κ2) is 6.98. The second-order valence-corrected chi connectivity index (χ2v) is 10.7. The molecule has 1 amide bonds. The van der Waals surface area contributed by atoms with Crippen molar-refractivity contribution in [3.05, 3.63) is 28.2 Å². The summed E-state index contributed by atoms with van der Waals surface area (Å²) in [4.78, 5) is 18.5. The third kappa shape index (κ3) is 3.49. The lowest BCUT2D eigenvalue weighted by atomic mass is 10.2. The van der Waals surface area contributed by atoms with Crippen molar-refractivity contribution in [2.75, 3.05) is 23.0 Å². The number of rotatable bonds is 2. The summed E-state index contributed by atoms with van der Waals surface area (Å²) < 4.78 is 29.5. The highest BCUT2D eigenvalue weighted by Gasteiger charge is 2.49. The van der Waals surface area contributed by atoms with E-state index in [0.717, 1.165) is 6.42 Å². The van der Waals surface area contributed by atoms with Crippen molar-refractivity contribution in [2.24, 2.45) is 4.99 Å². The molecule has 0 radical (unpaired) electrons. The van der Waals surface area contributed by atoms with Crippen LogP contribution in [-0.4, -0.2) is 55.0 Å². The van der Waals surface area contributed by atoms with Gasteiger partial charge in [0.15, 0.2) is 15.0 Å². The number of hydrogen-bond acceptors (Lipinski definition) is 5. The van der Waals surface area contributed by atoms with Crippen LogP contribution in [0.15, 0.2) is 23.2 Å². The summed E-state index contributed by atoms with van der Waals surface area (Å²) in [7, 11) is -3.12. The molecule has 0 aliphatic carbocycles. The Morgan fingerprint density at radius 2 is 2.08 bits per heavy atom. The first-order valence-electron chi connectivity index (χ1n) is 8.19. The standard InChI is InChI=1S/C16H16Cl2N2O4S2/c17-10-4-3-9(6-11(10)18)20-12-7-26(22,23)8-14(12)25-16(20)19-15(21)13-2-1-5-24-13/h3-4,6,12-14H,1-2,5,7-8H2/t12-,13+,14+/m0/s1. The second-order valence-electron chi connectivity index (χ2n) is 6.50. The van der Waals surface area contributed by atoms with Gasteiger partial charge in [-0.15, -0.1) is 0 Å². The Morgan fingerprint density at radius 3 is 2.77 bits per heavy atom. The van der Waals surface area contributed by atoms with Gasteiger partial charge in [0.1, 0.15) is 6.10 Å². The lowest BCUT2D eigenvalue weighted by Crippen LogP contribution is -2.38. The van der Waals surface area contributed by atoms with Crippen LogP contribution in [0, 0.1) is 0 Å². The van der Waals surface area contributed by atoms with Crippen molar-refractivity contribution in [3.8, 4) is 0 Å². The van der Waals surface area contributed by atoms with Crippen LogP contribution in [0.4, 0.5) is 5.69 Å². The van der Waals surface area contributed by atoms with Crippen molar-refractivity contribution < 1.29 is 17.9 Å². The third-order valence-corrected chi connectivity index (χ3v) is 8.61. The number of anilines is 1. The fraction of sp³-hybridized carbons (Fsp3) is 0.500. The lowest BCUT2D eigenvalue weighted by Gasteiger charge is -2.25. The SMILES string of the molecule is O=C(N=C1S[C@@H]2CS(=O)(=O)C[C@@H]2N1c1ccc(Cl)c(Cl)c1)[C@H]1CCCO1. The molecule has 3 heterocycles. The molecule has 0 N–H and O–H groups in total. The first-order chi connectivity index (χ1) is 12.3. The van der Waals surface area contributed by atoms with Crippen LogP contribution < -0.4 is 4.90 Å². The summed E-state index contributed by atoms with van der Waals surface area (Å²) >= 11 is 13.5. The number of halogens is 2.